The molecule has 1 aliphatic rings. The van der Waals surface area contributed by atoms with Gasteiger partial charge in [0.2, 0.25) is 0 Å². The molecule has 1 aromatic carbocycles. The lowest BCUT2D eigenvalue weighted by molar-refractivity contribution is 0.0941. The molecular weight excluding hydrogens is 238 g/mol. The lowest BCUT2D eigenvalue weighted by Crippen LogP contribution is -2.37. The Hall–Kier alpha value is -1.39. The topological polar surface area (TPSA) is 58.4 Å². The maximum atomic E-state index is 12.0. The predicted molar refractivity (Wildman–Crippen MR) is 76.9 cm³/mol. The average Bonchev–Trinajstić information content (AvgIpc) is 2.91. The van der Waals surface area contributed by atoms with Crippen molar-refractivity contribution < 1.29 is 4.79 Å². The molecule has 19 heavy (non-hydrogen) atoms. The number of carbonyl (C=O) groups excluding carboxylic acids is 1. The Balaban J connectivity index is 1.99. The third-order valence-corrected chi connectivity index (χ3v) is 3.53. The molecule has 1 aromatic rings. The molecule has 1 amide bonds. The third kappa shape index (κ3) is 4.04. The van der Waals surface area contributed by atoms with Crippen LogP contribution in [0.5, 0.6) is 0 Å². The van der Waals surface area contributed by atoms with Gasteiger partial charge in [-0.2, -0.15) is 0 Å². The van der Waals surface area contributed by atoms with E-state index in [9.17, 15) is 4.79 Å². The SMILES string of the molecule is C[C@@H](CN)NC(=O)c1cccc(CN2CCCC2)c1. The molecular formula is C15H23N3O. The smallest absolute Gasteiger partial charge is 0.251 e. The summed E-state index contributed by atoms with van der Waals surface area (Å²) < 4.78 is 0. The summed E-state index contributed by atoms with van der Waals surface area (Å²) >= 11 is 0. The molecule has 0 radical (unpaired) electrons. The van der Waals surface area contributed by atoms with E-state index in [4.69, 9.17) is 5.73 Å². The van der Waals surface area contributed by atoms with Crippen LogP contribution in [-0.2, 0) is 6.54 Å². The van der Waals surface area contributed by atoms with Crippen LogP contribution in [0.1, 0.15) is 35.7 Å². The van der Waals surface area contributed by atoms with Crippen LogP contribution in [-0.4, -0.2) is 36.5 Å². The summed E-state index contributed by atoms with van der Waals surface area (Å²) in [6, 6.07) is 7.88. The molecule has 0 aromatic heterocycles. The van der Waals surface area contributed by atoms with Crippen molar-refractivity contribution in [3.63, 3.8) is 0 Å². The first kappa shape index (κ1) is 14.0. The minimum Gasteiger partial charge on any atom is -0.348 e. The number of amides is 1. The molecule has 2 rings (SSSR count). The van der Waals surface area contributed by atoms with Crippen molar-refractivity contribution in [1.29, 1.82) is 0 Å². The van der Waals surface area contributed by atoms with Gasteiger partial charge in [0.25, 0.3) is 5.91 Å². The summed E-state index contributed by atoms with van der Waals surface area (Å²) in [5.41, 5.74) is 7.44. The molecule has 1 aliphatic heterocycles. The van der Waals surface area contributed by atoms with Crippen LogP contribution in [0.15, 0.2) is 24.3 Å². The van der Waals surface area contributed by atoms with Crippen molar-refractivity contribution >= 4 is 5.91 Å². The summed E-state index contributed by atoms with van der Waals surface area (Å²) in [5.74, 6) is -0.0405. The molecule has 0 unspecified atom stereocenters. The Morgan fingerprint density at radius 3 is 2.84 bits per heavy atom. The average molecular weight is 261 g/mol. The van der Waals surface area contributed by atoms with Crippen LogP contribution in [0, 0.1) is 0 Å². The van der Waals surface area contributed by atoms with Crippen molar-refractivity contribution in [2.45, 2.75) is 32.4 Å². The number of hydrogen-bond donors (Lipinski definition) is 2. The number of nitrogens with one attached hydrogen (secondary N) is 1. The Morgan fingerprint density at radius 2 is 2.16 bits per heavy atom. The summed E-state index contributed by atoms with van der Waals surface area (Å²) in [6.07, 6.45) is 2.57. The zero-order valence-electron chi connectivity index (χ0n) is 11.6. The van der Waals surface area contributed by atoms with Crippen molar-refractivity contribution in [3.8, 4) is 0 Å². The lowest BCUT2D eigenvalue weighted by atomic mass is 10.1. The van der Waals surface area contributed by atoms with Gasteiger partial charge >= 0.3 is 0 Å². The van der Waals surface area contributed by atoms with E-state index in [1.165, 1.54) is 31.5 Å². The maximum absolute atomic E-state index is 12.0. The number of rotatable bonds is 5. The first-order chi connectivity index (χ1) is 9.19. The van der Waals surface area contributed by atoms with E-state index in [1.54, 1.807) is 0 Å². The summed E-state index contributed by atoms with van der Waals surface area (Å²) in [5, 5.41) is 2.89. The van der Waals surface area contributed by atoms with Gasteiger partial charge in [-0.1, -0.05) is 12.1 Å². The van der Waals surface area contributed by atoms with Gasteiger partial charge in [-0.25, -0.2) is 0 Å². The van der Waals surface area contributed by atoms with Gasteiger partial charge in [0, 0.05) is 24.7 Å². The van der Waals surface area contributed by atoms with E-state index >= 15 is 0 Å². The molecule has 0 aliphatic carbocycles. The predicted octanol–water partition coefficient (Wildman–Crippen LogP) is 1.36. The summed E-state index contributed by atoms with van der Waals surface area (Å²) in [6.45, 7) is 5.64. The molecule has 0 saturated carbocycles. The van der Waals surface area contributed by atoms with Crippen LogP contribution in [0.25, 0.3) is 0 Å². The standard InChI is InChI=1S/C15H23N3O/c1-12(10-16)17-15(19)14-6-4-5-13(9-14)11-18-7-2-3-8-18/h4-6,9,12H,2-3,7-8,10-11,16H2,1H3,(H,17,19)/t12-/m0/s1. The molecule has 1 fully saturated rings. The summed E-state index contributed by atoms with van der Waals surface area (Å²) in [4.78, 5) is 14.5. The van der Waals surface area contributed by atoms with Gasteiger partial charge in [-0.3, -0.25) is 9.69 Å². The third-order valence-electron chi connectivity index (χ3n) is 3.53. The van der Waals surface area contributed by atoms with Gasteiger partial charge < -0.3 is 11.1 Å². The van der Waals surface area contributed by atoms with Crippen molar-refractivity contribution in [1.82, 2.24) is 10.2 Å². The van der Waals surface area contributed by atoms with Crippen LogP contribution in [0.2, 0.25) is 0 Å². The maximum Gasteiger partial charge on any atom is 0.251 e. The lowest BCUT2D eigenvalue weighted by Gasteiger charge is -2.16. The zero-order chi connectivity index (χ0) is 13.7. The Labute approximate surface area is 115 Å². The molecule has 4 heteroatoms. The number of likely N-dealkylation sites (tertiary alicyclic amines) is 1. The van der Waals surface area contributed by atoms with Crippen LogP contribution < -0.4 is 11.1 Å². The van der Waals surface area contributed by atoms with Crippen molar-refractivity contribution in [3.05, 3.63) is 35.4 Å². The second kappa shape index (κ2) is 6.68. The van der Waals surface area contributed by atoms with Gasteiger partial charge in [0.15, 0.2) is 0 Å². The highest BCUT2D eigenvalue weighted by Crippen LogP contribution is 2.13. The number of carbonyl (C=O) groups is 1. The fourth-order valence-electron chi connectivity index (χ4n) is 2.38. The second-order valence-corrected chi connectivity index (χ2v) is 5.29. The van der Waals surface area contributed by atoms with Crippen LogP contribution >= 0.6 is 0 Å². The van der Waals surface area contributed by atoms with Crippen LogP contribution in [0.4, 0.5) is 0 Å². The molecule has 1 atom stereocenters. The summed E-state index contributed by atoms with van der Waals surface area (Å²) in [7, 11) is 0. The van der Waals surface area contributed by atoms with E-state index in [0.29, 0.717) is 6.54 Å². The van der Waals surface area contributed by atoms with E-state index in [-0.39, 0.29) is 11.9 Å². The van der Waals surface area contributed by atoms with E-state index in [1.807, 2.05) is 25.1 Å². The minimum atomic E-state index is -0.0405. The van der Waals surface area contributed by atoms with E-state index < -0.39 is 0 Å². The normalized spacial score (nSPS) is 17.4. The highest BCUT2D eigenvalue weighted by atomic mass is 16.1. The Morgan fingerprint density at radius 1 is 1.42 bits per heavy atom. The van der Waals surface area contributed by atoms with Crippen molar-refractivity contribution in [2.24, 2.45) is 5.73 Å². The first-order valence-corrected chi connectivity index (χ1v) is 7.01. The molecule has 0 bridgehead atoms. The van der Waals surface area contributed by atoms with Crippen molar-refractivity contribution in [2.75, 3.05) is 19.6 Å². The number of nitrogens with zero attached hydrogens (tertiary/aromatic N) is 1. The van der Waals surface area contributed by atoms with E-state index in [2.05, 4.69) is 16.3 Å². The molecule has 104 valence electrons. The molecule has 4 nitrogen and oxygen atoms in total. The van der Waals surface area contributed by atoms with Gasteiger partial charge in [0.1, 0.15) is 0 Å². The number of benzene rings is 1. The number of nitrogens with two attached hydrogens (primary N) is 1. The quantitative estimate of drug-likeness (QED) is 0.841. The second-order valence-electron chi connectivity index (χ2n) is 5.29. The highest BCUT2D eigenvalue weighted by Gasteiger charge is 2.13. The van der Waals surface area contributed by atoms with Gasteiger partial charge in [-0.05, 0) is 50.6 Å². The van der Waals surface area contributed by atoms with Crippen LogP contribution in [0.3, 0.4) is 0 Å². The zero-order valence-corrected chi connectivity index (χ0v) is 11.6. The van der Waals surface area contributed by atoms with E-state index in [0.717, 1.165) is 12.1 Å². The Kier molecular flexibility index (Phi) is 4.93. The largest absolute Gasteiger partial charge is 0.348 e. The highest BCUT2D eigenvalue weighted by molar-refractivity contribution is 5.94. The molecule has 0 spiro atoms. The molecule has 3 N–H and O–H groups in total. The fraction of sp³-hybridized carbons (Fsp3) is 0.533. The Bertz CT molecular complexity index is 427. The molecule has 1 saturated heterocycles. The fourth-order valence-corrected chi connectivity index (χ4v) is 2.38. The van der Waals surface area contributed by atoms with Gasteiger partial charge in [-0.15, -0.1) is 0 Å². The monoisotopic (exact) mass is 261 g/mol. The minimum absolute atomic E-state index is 0.00902. The first-order valence-electron chi connectivity index (χ1n) is 7.01. The van der Waals surface area contributed by atoms with Gasteiger partial charge in [0.05, 0.1) is 0 Å². The number of hydrogen-bond acceptors (Lipinski definition) is 3. The molecule has 1 heterocycles.